The molecule has 0 radical (unpaired) electrons. The van der Waals surface area contributed by atoms with Gasteiger partial charge in [0, 0.05) is 58.0 Å². The minimum Gasteiger partial charge on any atom is -0.483 e. The number of hydrogen-bond acceptors (Lipinski definition) is 4. The third-order valence-electron chi connectivity index (χ3n) is 4.62. The molecule has 0 spiro atoms. The molecule has 1 fully saturated rings. The highest BCUT2D eigenvalue weighted by Crippen LogP contribution is 2.11. The fourth-order valence-corrected chi connectivity index (χ4v) is 3.29. The standard InChI is InChI=1S/C19H25FN4O.CH2O2/c1-22-14-17(13-21-22)15-23-8-3-9-24(11-10-23)19(25)7-6-16-4-2-5-18(20)12-16;2-1-3/h2,4-5,12-14H,3,6-11,15H2,1H3;1H,(H,2,3). The van der Waals surface area contributed by atoms with Crippen LogP contribution in [0.1, 0.15) is 24.0 Å². The van der Waals surface area contributed by atoms with Gasteiger partial charge in [0.15, 0.2) is 0 Å². The minimum absolute atomic E-state index is 0.160. The molecule has 2 heterocycles. The first-order valence-corrected chi connectivity index (χ1v) is 9.31. The van der Waals surface area contributed by atoms with Crippen molar-refractivity contribution in [2.75, 3.05) is 26.2 Å². The van der Waals surface area contributed by atoms with Gasteiger partial charge in [-0.25, -0.2) is 4.39 Å². The predicted octanol–water partition coefficient (Wildman–Crippen LogP) is 1.93. The SMILES string of the molecule is Cn1cc(CN2CCCN(C(=O)CCc3cccc(F)c3)CC2)cn1.O=CO. The Kier molecular flexibility index (Phi) is 8.61. The van der Waals surface area contributed by atoms with E-state index in [1.165, 1.54) is 17.7 Å². The third kappa shape index (κ3) is 7.11. The Bertz CT molecular complexity index is 765. The lowest BCUT2D eigenvalue weighted by Crippen LogP contribution is -2.35. The van der Waals surface area contributed by atoms with Crippen LogP contribution >= 0.6 is 0 Å². The Morgan fingerprint density at radius 3 is 2.71 bits per heavy atom. The molecule has 2 aromatic rings. The summed E-state index contributed by atoms with van der Waals surface area (Å²) < 4.78 is 15.0. The second-order valence-electron chi connectivity index (χ2n) is 6.77. The van der Waals surface area contributed by atoms with E-state index in [9.17, 15) is 9.18 Å². The quantitative estimate of drug-likeness (QED) is 0.790. The highest BCUT2D eigenvalue weighted by molar-refractivity contribution is 5.76. The molecule has 28 heavy (non-hydrogen) atoms. The van der Waals surface area contributed by atoms with Crippen LogP contribution in [0.25, 0.3) is 0 Å². The molecule has 1 aromatic heterocycles. The molecule has 3 rings (SSSR count). The normalized spacial score (nSPS) is 14.7. The van der Waals surface area contributed by atoms with E-state index in [1.54, 1.807) is 6.07 Å². The first-order chi connectivity index (χ1) is 13.5. The molecule has 1 aliphatic rings. The molecule has 1 saturated heterocycles. The minimum atomic E-state index is -0.250. The van der Waals surface area contributed by atoms with Crippen molar-refractivity contribution in [3.05, 3.63) is 53.6 Å². The van der Waals surface area contributed by atoms with Gasteiger partial charge in [-0.2, -0.15) is 5.10 Å². The number of benzene rings is 1. The van der Waals surface area contributed by atoms with Gasteiger partial charge in [-0.1, -0.05) is 12.1 Å². The summed E-state index contributed by atoms with van der Waals surface area (Å²) in [6, 6.07) is 6.49. The maximum absolute atomic E-state index is 13.2. The zero-order valence-electron chi connectivity index (χ0n) is 16.1. The van der Waals surface area contributed by atoms with Crippen LogP contribution in [0, 0.1) is 5.82 Å². The van der Waals surface area contributed by atoms with Crippen molar-refractivity contribution < 1.29 is 19.1 Å². The first kappa shape index (κ1) is 21.6. The average Bonchev–Trinajstić information content (AvgIpc) is 2.93. The Hall–Kier alpha value is -2.74. The van der Waals surface area contributed by atoms with Crippen molar-refractivity contribution in [3.63, 3.8) is 0 Å². The molecule has 8 heteroatoms. The molecule has 1 aliphatic heterocycles. The fourth-order valence-electron chi connectivity index (χ4n) is 3.29. The van der Waals surface area contributed by atoms with Crippen LogP contribution in [-0.2, 0) is 29.6 Å². The van der Waals surface area contributed by atoms with Crippen LogP contribution in [0.3, 0.4) is 0 Å². The predicted molar refractivity (Wildman–Crippen MR) is 103 cm³/mol. The van der Waals surface area contributed by atoms with E-state index < -0.39 is 0 Å². The Labute approximate surface area is 164 Å². The Balaban J connectivity index is 0.000000878. The number of carboxylic acid groups (broad SMARTS) is 1. The van der Waals surface area contributed by atoms with E-state index in [2.05, 4.69) is 10.00 Å². The van der Waals surface area contributed by atoms with Crippen LogP contribution < -0.4 is 0 Å². The maximum Gasteiger partial charge on any atom is 0.290 e. The number of amides is 1. The van der Waals surface area contributed by atoms with E-state index in [1.807, 2.05) is 35.1 Å². The molecule has 7 nitrogen and oxygen atoms in total. The highest BCUT2D eigenvalue weighted by Gasteiger charge is 2.19. The fraction of sp³-hybridized carbons (Fsp3) is 0.450. The van der Waals surface area contributed by atoms with Crippen molar-refractivity contribution in [2.24, 2.45) is 7.05 Å². The molecule has 1 aromatic carbocycles. The van der Waals surface area contributed by atoms with Gasteiger partial charge in [-0.15, -0.1) is 0 Å². The van der Waals surface area contributed by atoms with Crippen molar-refractivity contribution in [1.29, 1.82) is 0 Å². The number of aromatic nitrogens is 2. The van der Waals surface area contributed by atoms with Crippen molar-refractivity contribution in [3.8, 4) is 0 Å². The molecule has 1 amide bonds. The summed E-state index contributed by atoms with van der Waals surface area (Å²) in [5, 5.41) is 11.1. The number of carbonyl (C=O) groups is 2. The van der Waals surface area contributed by atoms with E-state index >= 15 is 0 Å². The van der Waals surface area contributed by atoms with E-state index in [-0.39, 0.29) is 18.2 Å². The summed E-state index contributed by atoms with van der Waals surface area (Å²) >= 11 is 0. The summed E-state index contributed by atoms with van der Waals surface area (Å²) in [7, 11) is 1.92. The number of hydrogen-bond donors (Lipinski definition) is 1. The summed E-state index contributed by atoms with van der Waals surface area (Å²) in [6.07, 6.45) is 5.93. The third-order valence-corrected chi connectivity index (χ3v) is 4.62. The molecule has 0 bridgehead atoms. The lowest BCUT2D eigenvalue weighted by molar-refractivity contribution is -0.131. The molecule has 1 N–H and O–H groups in total. The number of nitrogens with zero attached hydrogens (tertiary/aromatic N) is 4. The van der Waals surface area contributed by atoms with Gasteiger partial charge in [-0.3, -0.25) is 19.2 Å². The van der Waals surface area contributed by atoms with E-state index in [0.29, 0.717) is 12.8 Å². The maximum atomic E-state index is 13.2. The molecule has 0 unspecified atom stereocenters. The summed E-state index contributed by atoms with van der Waals surface area (Å²) in [5.41, 5.74) is 2.08. The lowest BCUT2D eigenvalue weighted by atomic mass is 10.1. The molecular weight excluding hydrogens is 363 g/mol. The largest absolute Gasteiger partial charge is 0.483 e. The Morgan fingerprint density at radius 2 is 2.04 bits per heavy atom. The molecule has 152 valence electrons. The first-order valence-electron chi connectivity index (χ1n) is 9.31. The number of carbonyl (C=O) groups excluding carboxylic acids is 1. The summed E-state index contributed by atoms with van der Waals surface area (Å²) in [4.78, 5) is 25.2. The highest BCUT2D eigenvalue weighted by atomic mass is 19.1. The monoisotopic (exact) mass is 390 g/mol. The molecular formula is C20H27FN4O3. The van der Waals surface area contributed by atoms with Gasteiger partial charge in [0.1, 0.15) is 5.82 Å². The van der Waals surface area contributed by atoms with Gasteiger partial charge >= 0.3 is 0 Å². The van der Waals surface area contributed by atoms with Crippen LogP contribution in [0.4, 0.5) is 4.39 Å². The number of rotatable bonds is 5. The van der Waals surface area contributed by atoms with Crippen LogP contribution in [-0.4, -0.2) is 63.2 Å². The van der Waals surface area contributed by atoms with Gasteiger partial charge in [-0.05, 0) is 30.5 Å². The topological polar surface area (TPSA) is 78.7 Å². The second-order valence-corrected chi connectivity index (χ2v) is 6.77. The summed E-state index contributed by atoms with van der Waals surface area (Å²) in [6.45, 7) is 4.04. The van der Waals surface area contributed by atoms with E-state index in [4.69, 9.17) is 9.90 Å². The molecule has 0 aliphatic carbocycles. The molecule has 0 saturated carbocycles. The van der Waals surface area contributed by atoms with Crippen LogP contribution in [0.15, 0.2) is 36.7 Å². The molecule has 0 atom stereocenters. The van der Waals surface area contributed by atoms with Gasteiger partial charge in [0.25, 0.3) is 6.47 Å². The second kappa shape index (κ2) is 11.2. The number of halogens is 1. The van der Waals surface area contributed by atoms with Crippen LogP contribution in [0.5, 0.6) is 0 Å². The summed E-state index contributed by atoms with van der Waals surface area (Å²) in [5.74, 6) is -0.0849. The van der Waals surface area contributed by atoms with Gasteiger partial charge in [0.2, 0.25) is 5.91 Å². The Morgan fingerprint density at radius 1 is 1.25 bits per heavy atom. The van der Waals surface area contributed by atoms with Gasteiger partial charge < -0.3 is 10.0 Å². The average molecular weight is 390 g/mol. The zero-order valence-corrected chi connectivity index (χ0v) is 16.1. The zero-order chi connectivity index (χ0) is 20.4. The van der Waals surface area contributed by atoms with E-state index in [0.717, 1.165) is 44.7 Å². The van der Waals surface area contributed by atoms with Crippen molar-refractivity contribution >= 4 is 12.4 Å². The number of aryl methyl sites for hydroxylation is 2. The van der Waals surface area contributed by atoms with Gasteiger partial charge in [0.05, 0.1) is 6.20 Å². The smallest absolute Gasteiger partial charge is 0.290 e. The van der Waals surface area contributed by atoms with Crippen molar-refractivity contribution in [2.45, 2.75) is 25.8 Å². The lowest BCUT2D eigenvalue weighted by Gasteiger charge is -2.21. The van der Waals surface area contributed by atoms with Crippen LogP contribution in [0.2, 0.25) is 0 Å². The van der Waals surface area contributed by atoms with Crippen molar-refractivity contribution in [1.82, 2.24) is 19.6 Å².